The Morgan fingerprint density at radius 2 is 1.69 bits per heavy atom. The molecule has 0 aliphatic rings. The molecule has 0 heterocycles. The van der Waals surface area contributed by atoms with E-state index in [0.29, 0.717) is 11.5 Å². The highest BCUT2D eigenvalue weighted by Gasteiger charge is 2.02. The summed E-state index contributed by atoms with van der Waals surface area (Å²) in [4.78, 5) is 0. The van der Waals surface area contributed by atoms with Gasteiger partial charge in [0.15, 0.2) is 0 Å². The standard InChI is InChI=1S/C11H9OS/c12-11-6-5-8(7-13)9-3-1-2-4-10(9)11/h1-6,12H,7H2. The van der Waals surface area contributed by atoms with Gasteiger partial charge in [0.2, 0.25) is 0 Å². The van der Waals surface area contributed by atoms with Crippen molar-refractivity contribution in [3.8, 4) is 5.75 Å². The van der Waals surface area contributed by atoms with E-state index in [-0.39, 0.29) is 0 Å². The van der Waals surface area contributed by atoms with Crippen LogP contribution in [-0.2, 0) is 5.75 Å². The highest BCUT2D eigenvalue weighted by Crippen LogP contribution is 2.27. The van der Waals surface area contributed by atoms with E-state index in [2.05, 4.69) is 0 Å². The molecule has 0 aromatic heterocycles. The number of aromatic hydroxyl groups is 1. The lowest BCUT2D eigenvalue weighted by molar-refractivity contribution is 0.481. The lowest BCUT2D eigenvalue weighted by Gasteiger charge is -2.04. The molecule has 0 fully saturated rings. The molecule has 0 bridgehead atoms. The first-order chi connectivity index (χ1) is 6.33. The lowest BCUT2D eigenvalue weighted by Crippen LogP contribution is -1.81. The molecule has 0 saturated carbocycles. The number of benzene rings is 2. The van der Waals surface area contributed by atoms with E-state index in [4.69, 9.17) is 12.6 Å². The number of hydrogen-bond donors (Lipinski definition) is 1. The fourth-order valence-corrected chi connectivity index (χ4v) is 1.72. The molecule has 65 valence electrons. The Bertz CT molecular complexity index is 437. The summed E-state index contributed by atoms with van der Waals surface area (Å²) in [5, 5.41) is 11.5. The molecule has 13 heavy (non-hydrogen) atoms. The van der Waals surface area contributed by atoms with Gasteiger partial charge in [-0.3, -0.25) is 0 Å². The minimum atomic E-state index is 0.322. The van der Waals surface area contributed by atoms with Crippen molar-refractivity contribution in [3.05, 3.63) is 42.0 Å². The van der Waals surface area contributed by atoms with Crippen LogP contribution >= 0.6 is 12.6 Å². The normalized spacial score (nSPS) is 10.5. The Balaban J connectivity index is 2.84. The summed E-state index contributed by atoms with van der Waals surface area (Å²) < 4.78 is 0. The van der Waals surface area contributed by atoms with Gasteiger partial charge in [-0.2, -0.15) is 0 Å². The predicted octanol–water partition coefficient (Wildman–Crippen LogP) is 3.24. The molecule has 0 spiro atoms. The van der Waals surface area contributed by atoms with Crippen molar-refractivity contribution in [2.75, 3.05) is 0 Å². The summed E-state index contributed by atoms with van der Waals surface area (Å²) in [5.41, 5.74) is 1.10. The van der Waals surface area contributed by atoms with E-state index >= 15 is 0 Å². The van der Waals surface area contributed by atoms with Crippen LogP contribution in [0.1, 0.15) is 5.56 Å². The zero-order valence-corrected chi connectivity index (χ0v) is 7.84. The molecule has 2 aromatic carbocycles. The summed E-state index contributed by atoms with van der Waals surface area (Å²) in [6.45, 7) is 0. The van der Waals surface area contributed by atoms with E-state index in [9.17, 15) is 5.11 Å². The second-order valence-corrected chi connectivity index (χ2v) is 3.22. The van der Waals surface area contributed by atoms with Crippen LogP contribution < -0.4 is 0 Å². The summed E-state index contributed by atoms with van der Waals surface area (Å²) >= 11 is 5.01. The van der Waals surface area contributed by atoms with Crippen LogP contribution in [0.5, 0.6) is 5.75 Å². The van der Waals surface area contributed by atoms with Crippen molar-refractivity contribution in [1.29, 1.82) is 0 Å². The van der Waals surface area contributed by atoms with Crippen molar-refractivity contribution in [3.63, 3.8) is 0 Å². The van der Waals surface area contributed by atoms with Crippen LogP contribution in [0.2, 0.25) is 0 Å². The van der Waals surface area contributed by atoms with Crippen LogP contribution in [-0.4, -0.2) is 5.11 Å². The Morgan fingerprint density at radius 1 is 1.00 bits per heavy atom. The van der Waals surface area contributed by atoms with Gasteiger partial charge in [-0.05, 0) is 17.0 Å². The first-order valence-electron chi connectivity index (χ1n) is 4.10. The molecular formula is C11H9OS. The summed E-state index contributed by atoms with van der Waals surface area (Å²) in [6.07, 6.45) is 0. The van der Waals surface area contributed by atoms with Gasteiger partial charge >= 0.3 is 0 Å². The molecule has 0 atom stereocenters. The zero-order chi connectivity index (χ0) is 9.26. The number of phenols is 1. The van der Waals surface area contributed by atoms with E-state index in [1.807, 2.05) is 30.3 Å². The molecule has 1 nitrogen and oxygen atoms in total. The highest BCUT2D eigenvalue weighted by molar-refractivity contribution is 7.79. The number of hydrogen-bond acceptors (Lipinski definition) is 1. The maximum absolute atomic E-state index is 9.56. The lowest BCUT2D eigenvalue weighted by atomic mass is 10.1. The van der Waals surface area contributed by atoms with Gasteiger partial charge in [-0.1, -0.05) is 43.0 Å². The third kappa shape index (κ3) is 1.38. The SMILES string of the molecule is Oc1ccc(C[S])c2ccccc12. The second-order valence-electron chi connectivity index (χ2n) is 2.93. The van der Waals surface area contributed by atoms with E-state index in [1.54, 1.807) is 6.07 Å². The van der Waals surface area contributed by atoms with Gasteiger partial charge in [0.1, 0.15) is 5.75 Å². The molecule has 2 heteroatoms. The van der Waals surface area contributed by atoms with Crippen LogP contribution in [0.4, 0.5) is 0 Å². The minimum Gasteiger partial charge on any atom is -0.507 e. The van der Waals surface area contributed by atoms with Crippen molar-refractivity contribution >= 4 is 23.4 Å². The third-order valence-electron chi connectivity index (χ3n) is 2.15. The van der Waals surface area contributed by atoms with E-state index < -0.39 is 0 Å². The summed E-state index contributed by atoms with van der Waals surface area (Å²) in [5.74, 6) is 0.906. The third-order valence-corrected chi connectivity index (χ3v) is 2.46. The molecule has 1 radical (unpaired) electrons. The average molecular weight is 189 g/mol. The van der Waals surface area contributed by atoms with Crippen LogP contribution in [0.25, 0.3) is 10.8 Å². The molecule has 0 aliphatic carbocycles. The van der Waals surface area contributed by atoms with Gasteiger partial charge in [0.25, 0.3) is 0 Å². The quantitative estimate of drug-likeness (QED) is 0.730. The molecule has 0 unspecified atom stereocenters. The van der Waals surface area contributed by atoms with Gasteiger partial charge in [-0.25, -0.2) is 0 Å². The molecule has 0 amide bonds. The van der Waals surface area contributed by atoms with Gasteiger partial charge in [0, 0.05) is 11.1 Å². The summed E-state index contributed by atoms with van der Waals surface area (Å²) in [7, 11) is 0. The highest BCUT2D eigenvalue weighted by atomic mass is 32.1. The number of fused-ring (bicyclic) bond motifs is 1. The average Bonchev–Trinajstić information content (AvgIpc) is 2.19. The molecule has 0 aliphatic heterocycles. The minimum absolute atomic E-state index is 0.322. The maximum atomic E-state index is 9.56. The zero-order valence-electron chi connectivity index (χ0n) is 7.03. The smallest absolute Gasteiger partial charge is 0.123 e. The first-order valence-corrected chi connectivity index (χ1v) is 4.68. The van der Waals surface area contributed by atoms with Crippen molar-refractivity contribution < 1.29 is 5.11 Å². The monoisotopic (exact) mass is 189 g/mol. The fraction of sp³-hybridized carbons (Fsp3) is 0.0909. The largest absolute Gasteiger partial charge is 0.507 e. The van der Waals surface area contributed by atoms with Crippen LogP contribution in [0.15, 0.2) is 36.4 Å². The second kappa shape index (κ2) is 3.30. The molecular weight excluding hydrogens is 180 g/mol. The Morgan fingerprint density at radius 3 is 2.38 bits per heavy atom. The Labute approximate surface area is 82.4 Å². The predicted molar refractivity (Wildman–Crippen MR) is 56.9 cm³/mol. The Kier molecular flexibility index (Phi) is 2.15. The maximum Gasteiger partial charge on any atom is 0.123 e. The fourth-order valence-electron chi connectivity index (χ4n) is 1.47. The van der Waals surface area contributed by atoms with Crippen molar-refractivity contribution in [1.82, 2.24) is 0 Å². The van der Waals surface area contributed by atoms with Crippen molar-refractivity contribution in [2.45, 2.75) is 5.75 Å². The molecule has 0 saturated heterocycles. The molecule has 2 rings (SSSR count). The first kappa shape index (κ1) is 8.45. The number of rotatable bonds is 1. The van der Waals surface area contributed by atoms with Gasteiger partial charge in [0.05, 0.1) is 0 Å². The molecule has 2 aromatic rings. The topological polar surface area (TPSA) is 20.2 Å². The van der Waals surface area contributed by atoms with E-state index in [0.717, 1.165) is 16.3 Å². The van der Waals surface area contributed by atoms with Gasteiger partial charge in [-0.15, -0.1) is 0 Å². The Hall–Kier alpha value is -1.15. The van der Waals surface area contributed by atoms with Gasteiger partial charge < -0.3 is 5.11 Å². The number of phenolic OH excluding ortho intramolecular Hbond substituents is 1. The van der Waals surface area contributed by atoms with E-state index in [1.165, 1.54) is 0 Å². The van der Waals surface area contributed by atoms with Crippen molar-refractivity contribution in [2.24, 2.45) is 0 Å². The van der Waals surface area contributed by atoms with Crippen LogP contribution in [0, 0.1) is 0 Å². The summed E-state index contributed by atoms with van der Waals surface area (Å²) in [6, 6.07) is 11.3. The molecule has 1 N–H and O–H groups in total. The van der Waals surface area contributed by atoms with Crippen LogP contribution in [0.3, 0.4) is 0 Å².